The van der Waals surface area contributed by atoms with Crippen LogP contribution >= 0.6 is 0 Å². The Kier molecular flexibility index (Phi) is 8.63. The first kappa shape index (κ1) is 20.1. The molecule has 0 radical (unpaired) electrons. The molecule has 25 heavy (non-hydrogen) atoms. The number of nitro benzene ring substituents is 1. The van der Waals surface area contributed by atoms with Gasteiger partial charge in [-0.3, -0.25) is 14.9 Å². The second-order valence-corrected chi connectivity index (χ2v) is 4.65. The van der Waals surface area contributed by atoms with Crippen LogP contribution in [0, 0.1) is 21.4 Å². The van der Waals surface area contributed by atoms with Crippen molar-refractivity contribution in [1.29, 1.82) is 5.26 Å². The molecule has 0 aliphatic rings. The highest BCUT2D eigenvalue weighted by Gasteiger charge is 2.17. The van der Waals surface area contributed by atoms with E-state index < -0.39 is 17.1 Å². The molecule has 0 bridgehead atoms. The third kappa shape index (κ3) is 6.58. The first-order chi connectivity index (χ1) is 12.0. The summed E-state index contributed by atoms with van der Waals surface area (Å²) in [5, 5.41) is 25.2. The summed E-state index contributed by atoms with van der Waals surface area (Å²) in [6, 6.07) is 7.42. The van der Waals surface area contributed by atoms with E-state index in [1.54, 1.807) is 12.1 Å². The molecule has 1 rings (SSSR count). The summed E-state index contributed by atoms with van der Waals surface area (Å²) in [4.78, 5) is 22.5. The van der Waals surface area contributed by atoms with Gasteiger partial charge < -0.3 is 20.1 Å². The van der Waals surface area contributed by atoms with E-state index in [9.17, 15) is 14.9 Å². The van der Waals surface area contributed by atoms with E-state index in [0.29, 0.717) is 13.2 Å². The van der Waals surface area contributed by atoms with E-state index in [-0.39, 0.29) is 23.5 Å². The van der Waals surface area contributed by atoms with Gasteiger partial charge in [-0.1, -0.05) is 12.1 Å². The Morgan fingerprint density at radius 2 is 2.00 bits per heavy atom. The molecule has 2 N–H and O–H groups in total. The predicted octanol–water partition coefficient (Wildman–Crippen LogP) is 1.93. The number of nitro groups is 1. The van der Waals surface area contributed by atoms with Crippen LogP contribution in [0.15, 0.2) is 36.0 Å². The van der Waals surface area contributed by atoms with Gasteiger partial charge in [-0.25, -0.2) is 0 Å². The van der Waals surface area contributed by atoms with Crippen LogP contribution in [0.25, 0.3) is 0 Å². The fourth-order valence-electron chi connectivity index (χ4n) is 1.87. The number of anilines is 1. The molecule has 0 fully saturated rings. The van der Waals surface area contributed by atoms with Crippen LogP contribution in [-0.4, -0.2) is 36.9 Å². The lowest BCUT2D eigenvalue weighted by molar-refractivity contribution is -0.383. The highest BCUT2D eigenvalue weighted by molar-refractivity contribution is 6.07. The average Bonchev–Trinajstić information content (AvgIpc) is 2.59. The summed E-state index contributed by atoms with van der Waals surface area (Å²) in [5.41, 5.74) is -0.473. The molecule has 9 heteroatoms. The maximum atomic E-state index is 12.1. The molecule has 0 spiro atoms. The molecular formula is C16H20N4O5. The standard InChI is InChI=1S/C16H20N4O5/c1-3-24-15(25-4-2)11-18-10-12(9-17)16(21)19-13-7-5-6-8-14(13)20(22)23/h5-8,10,15,18H,3-4,11H2,1-2H3,(H,19,21)/b12-10-. The summed E-state index contributed by atoms with van der Waals surface area (Å²) >= 11 is 0. The summed E-state index contributed by atoms with van der Waals surface area (Å²) in [5.74, 6) is -0.756. The minimum Gasteiger partial charge on any atom is -0.385 e. The van der Waals surface area contributed by atoms with Crippen LogP contribution in [0.3, 0.4) is 0 Å². The number of carbonyl (C=O) groups excluding carboxylic acids is 1. The van der Waals surface area contributed by atoms with Crippen LogP contribution in [0.1, 0.15) is 13.8 Å². The summed E-state index contributed by atoms with van der Waals surface area (Å²) in [6.45, 7) is 4.80. The highest BCUT2D eigenvalue weighted by atomic mass is 16.7. The van der Waals surface area contributed by atoms with Crippen molar-refractivity contribution >= 4 is 17.3 Å². The molecule has 1 aromatic carbocycles. The lowest BCUT2D eigenvalue weighted by atomic mass is 10.2. The van der Waals surface area contributed by atoms with Crippen molar-refractivity contribution in [3.63, 3.8) is 0 Å². The van der Waals surface area contributed by atoms with Crippen LogP contribution in [0.2, 0.25) is 0 Å². The number of nitrogens with zero attached hydrogens (tertiary/aromatic N) is 2. The zero-order chi connectivity index (χ0) is 18.7. The molecule has 0 aliphatic carbocycles. The lowest BCUT2D eigenvalue weighted by Gasteiger charge is -2.16. The topological polar surface area (TPSA) is 127 Å². The van der Waals surface area contributed by atoms with Crippen LogP contribution < -0.4 is 10.6 Å². The first-order valence-corrected chi connectivity index (χ1v) is 7.65. The van der Waals surface area contributed by atoms with Crippen molar-refractivity contribution in [2.24, 2.45) is 0 Å². The first-order valence-electron chi connectivity index (χ1n) is 7.65. The number of hydrogen-bond donors (Lipinski definition) is 2. The molecule has 0 saturated carbocycles. The zero-order valence-electron chi connectivity index (χ0n) is 14.0. The zero-order valence-corrected chi connectivity index (χ0v) is 14.0. The van der Waals surface area contributed by atoms with Gasteiger partial charge in [0.25, 0.3) is 11.6 Å². The third-order valence-electron chi connectivity index (χ3n) is 2.95. The predicted molar refractivity (Wildman–Crippen MR) is 90.5 cm³/mol. The quantitative estimate of drug-likeness (QED) is 0.217. The van der Waals surface area contributed by atoms with Gasteiger partial charge in [-0.2, -0.15) is 5.26 Å². The van der Waals surface area contributed by atoms with E-state index in [1.165, 1.54) is 24.4 Å². The molecule has 0 saturated heterocycles. The van der Waals surface area contributed by atoms with Gasteiger partial charge in [-0.15, -0.1) is 0 Å². The third-order valence-corrected chi connectivity index (χ3v) is 2.95. The Morgan fingerprint density at radius 3 is 2.56 bits per heavy atom. The SMILES string of the molecule is CCOC(CN/C=C(/C#N)C(=O)Nc1ccccc1[N+](=O)[O-])OCC. The minimum atomic E-state index is -0.756. The van der Waals surface area contributed by atoms with Gasteiger partial charge in [0.15, 0.2) is 6.29 Å². The van der Waals surface area contributed by atoms with Crippen molar-refractivity contribution in [3.05, 3.63) is 46.2 Å². The Bertz CT molecular complexity index is 663. The Morgan fingerprint density at radius 1 is 1.36 bits per heavy atom. The number of ether oxygens (including phenoxy) is 2. The fraction of sp³-hybridized carbons (Fsp3) is 0.375. The molecule has 1 aromatic rings. The number of rotatable bonds is 10. The number of hydrogen-bond acceptors (Lipinski definition) is 7. The molecular weight excluding hydrogens is 328 g/mol. The number of para-hydroxylation sites is 2. The van der Waals surface area contributed by atoms with Crippen LogP contribution in [0.5, 0.6) is 0 Å². The van der Waals surface area contributed by atoms with Crippen molar-refractivity contribution in [2.45, 2.75) is 20.1 Å². The number of nitrogens with one attached hydrogen (secondary N) is 2. The number of carbonyl (C=O) groups is 1. The second kappa shape index (κ2) is 10.7. The monoisotopic (exact) mass is 348 g/mol. The van der Waals surface area contributed by atoms with E-state index in [4.69, 9.17) is 14.7 Å². The molecule has 0 aromatic heterocycles. The summed E-state index contributed by atoms with van der Waals surface area (Å²) < 4.78 is 10.6. The maximum Gasteiger partial charge on any atom is 0.292 e. The Balaban J connectivity index is 2.75. The summed E-state index contributed by atoms with van der Waals surface area (Å²) in [6.07, 6.45) is 0.708. The number of benzene rings is 1. The minimum absolute atomic E-state index is 0.0140. The van der Waals surface area contributed by atoms with E-state index in [2.05, 4.69) is 10.6 Å². The normalized spacial score (nSPS) is 11.0. The second-order valence-electron chi connectivity index (χ2n) is 4.65. The molecule has 1 amide bonds. The van der Waals surface area contributed by atoms with Gasteiger partial charge in [0.05, 0.1) is 11.5 Å². The van der Waals surface area contributed by atoms with Crippen LogP contribution in [0.4, 0.5) is 11.4 Å². The number of amides is 1. The molecule has 0 unspecified atom stereocenters. The van der Waals surface area contributed by atoms with Gasteiger partial charge in [-0.05, 0) is 19.9 Å². The lowest BCUT2D eigenvalue weighted by Crippen LogP contribution is -2.29. The van der Waals surface area contributed by atoms with Crippen LogP contribution in [-0.2, 0) is 14.3 Å². The molecule has 0 aliphatic heterocycles. The van der Waals surface area contributed by atoms with Gasteiger partial charge in [0, 0.05) is 25.5 Å². The van der Waals surface area contributed by atoms with Crippen molar-refractivity contribution in [2.75, 3.05) is 25.1 Å². The largest absolute Gasteiger partial charge is 0.385 e. The van der Waals surface area contributed by atoms with Crippen molar-refractivity contribution in [1.82, 2.24) is 5.32 Å². The highest BCUT2D eigenvalue weighted by Crippen LogP contribution is 2.23. The Labute approximate surface area is 145 Å². The molecule has 0 atom stereocenters. The van der Waals surface area contributed by atoms with E-state index in [0.717, 1.165) is 0 Å². The molecule has 0 heterocycles. The average molecular weight is 348 g/mol. The van der Waals surface area contributed by atoms with Gasteiger partial charge >= 0.3 is 0 Å². The summed E-state index contributed by atoms with van der Waals surface area (Å²) in [7, 11) is 0. The molecule has 134 valence electrons. The number of nitriles is 1. The van der Waals surface area contributed by atoms with Gasteiger partial charge in [0.1, 0.15) is 17.3 Å². The Hall–Kier alpha value is -2.96. The van der Waals surface area contributed by atoms with E-state index in [1.807, 2.05) is 13.8 Å². The maximum absolute atomic E-state index is 12.1. The van der Waals surface area contributed by atoms with Gasteiger partial charge in [0.2, 0.25) is 0 Å². The van der Waals surface area contributed by atoms with Crippen molar-refractivity contribution < 1.29 is 19.2 Å². The smallest absolute Gasteiger partial charge is 0.292 e. The van der Waals surface area contributed by atoms with Crippen molar-refractivity contribution in [3.8, 4) is 6.07 Å². The molecule has 9 nitrogen and oxygen atoms in total. The van der Waals surface area contributed by atoms with E-state index >= 15 is 0 Å². The fourth-order valence-corrected chi connectivity index (χ4v) is 1.87.